The molecule has 1 aromatic heterocycles. The quantitative estimate of drug-likeness (QED) is 0.494. The van der Waals surface area contributed by atoms with Crippen LogP contribution in [0.2, 0.25) is 0 Å². The first-order chi connectivity index (χ1) is 8.90. The fourth-order valence-corrected chi connectivity index (χ4v) is 1.21. The van der Waals surface area contributed by atoms with Crippen molar-refractivity contribution >= 4 is 18.0 Å². The zero-order chi connectivity index (χ0) is 14.4. The van der Waals surface area contributed by atoms with E-state index in [0.717, 1.165) is 0 Å². The van der Waals surface area contributed by atoms with Crippen LogP contribution in [0.3, 0.4) is 0 Å². The van der Waals surface area contributed by atoms with Crippen LogP contribution in [0.25, 0.3) is 0 Å². The van der Waals surface area contributed by atoms with E-state index in [-0.39, 0.29) is 6.54 Å². The van der Waals surface area contributed by atoms with Gasteiger partial charge in [0.2, 0.25) is 0 Å². The molecule has 0 radical (unpaired) electrons. The van der Waals surface area contributed by atoms with Crippen LogP contribution in [0.1, 0.15) is 12.2 Å². The number of carboxylic acid groups (broad SMARTS) is 2. The zero-order valence-corrected chi connectivity index (χ0v) is 10.0. The van der Waals surface area contributed by atoms with E-state index < -0.39 is 30.4 Å². The van der Waals surface area contributed by atoms with Crippen LogP contribution in [0.4, 0.5) is 4.79 Å². The lowest BCUT2D eigenvalue weighted by Gasteiger charge is -2.12. The normalized spacial score (nSPS) is 11.6. The molecule has 0 aliphatic rings. The lowest BCUT2D eigenvalue weighted by atomic mass is 10.2. The molecule has 1 aromatic rings. The minimum absolute atomic E-state index is 0.0434. The molecule has 104 valence electrons. The minimum Gasteiger partial charge on any atom is -0.481 e. The lowest BCUT2D eigenvalue weighted by Crippen LogP contribution is -2.46. The summed E-state index contributed by atoms with van der Waals surface area (Å²) < 4.78 is 1.58. The Labute approximate surface area is 107 Å². The second-order valence-corrected chi connectivity index (χ2v) is 3.67. The van der Waals surface area contributed by atoms with E-state index in [0.29, 0.717) is 5.82 Å². The highest BCUT2D eigenvalue weighted by Gasteiger charge is 2.22. The maximum absolute atomic E-state index is 11.4. The number of nitrogens with zero attached hydrogens (tertiary/aromatic N) is 3. The van der Waals surface area contributed by atoms with E-state index in [1.807, 2.05) is 5.32 Å². The second kappa shape index (κ2) is 6.33. The molecule has 0 bridgehead atoms. The number of carbonyl (C=O) groups excluding carboxylic acids is 1. The van der Waals surface area contributed by atoms with Crippen molar-refractivity contribution in [2.24, 2.45) is 7.05 Å². The molecule has 0 aromatic carbocycles. The van der Waals surface area contributed by atoms with Crippen molar-refractivity contribution in [2.45, 2.75) is 19.0 Å². The van der Waals surface area contributed by atoms with Crippen LogP contribution in [0.5, 0.6) is 0 Å². The summed E-state index contributed by atoms with van der Waals surface area (Å²) in [6.45, 7) is 0.0434. The van der Waals surface area contributed by atoms with E-state index >= 15 is 0 Å². The van der Waals surface area contributed by atoms with Crippen molar-refractivity contribution in [1.82, 2.24) is 25.4 Å². The van der Waals surface area contributed by atoms with E-state index in [2.05, 4.69) is 15.5 Å². The van der Waals surface area contributed by atoms with E-state index in [1.54, 1.807) is 11.6 Å². The smallest absolute Gasteiger partial charge is 0.326 e. The van der Waals surface area contributed by atoms with Crippen molar-refractivity contribution in [3.05, 3.63) is 12.2 Å². The first-order valence-corrected chi connectivity index (χ1v) is 5.22. The molecule has 0 saturated carbocycles. The first kappa shape index (κ1) is 14.4. The highest BCUT2D eigenvalue weighted by atomic mass is 16.4. The maximum atomic E-state index is 11.4. The minimum atomic E-state index is -1.49. The van der Waals surface area contributed by atoms with Crippen LogP contribution < -0.4 is 10.6 Å². The third-order valence-corrected chi connectivity index (χ3v) is 2.19. The van der Waals surface area contributed by atoms with Gasteiger partial charge in [-0.3, -0.25) is 4.79 Å². The molecule has 0 aliphatic heterocycles. The van der Waals surface area contributed by atoms with Gasteiger partial charge in [0, 0.05) is 7.05 Å². The Morgan fingerprint density at radius 2 is 2.11 bits per heavy atom. The summed E-state index contributed by atoms with van der Waals surface area (Å²) in [7, 11) is 1.68. The summed E-state index contributed by atoms with van der Waals surface area (Å²) in [5, 5.41) is 28.9. The molecular weight excluding hydrogens is 258 g/mol. The molecule has 1 rings (SSSR count). The van der Waals surface area contributed by atoms with Gasteiger partial charge >= 0.3 is 18.0 Å². The van der Waals surface area contributed by atoms with Gasteiger partial charge < -0.3 is 25.4 Å². The number of amides is 2. The second-order valence-electron chi connectivity index (χ2n) is 3.67. The van der Waals surface area contributed by atoms with E-state index in [1.165, 1.54) is 6.33 Å². The average Bonchev–Trinajstić information content (AvgIpc) is 2.70. The molecular formula is C9H13N5O5. The summed E-state index contributed by atoms with van der Waals surface area (Å²) in [4.78, 5) is 32.6. The molecule has 0 aliphatic carbocycles. The Kier molecular flexibility index (Phi) is 4.80. The molecule has 0 spiro atoms. The largest absolute Gasteiger partial charge is 0.481 e. The van der Waals surface area contributed by atoms with Gasteiger partial charge in [0.15, 0.2) is 5.82 Å². The van der Waals surface area contributed by atoms with Crippen LogP contribution in [0.15, 0.2) is 6.33 Å². The van der Waals surface area contributed by atoms with Crippen molar-refractivity contribution in [3.8, 4) is 0 Å². The Morgan fingerprint density at radius 1 is 1.42 bits per heavy atom. The van der Waals surface area contributed by atoms with Gasteiger partial charge in [-0.1, -0.05) is 0 Å². The lowest BCUT2D eigenvalue weighted by molar-refractivity contribution is -0.145. The highest BCUT2D eigenvalue weighted by Crippen LogP contribution is 1.94. The number of hydrogen-bond donors (Lipinski definition) is 4. The summed E-state index contributed by atoms with van der Waals surface area (Å²) in [5.41, 5.74) is 0. The number of aromatic nitrogens is 3. The third-order valence-electron chi connectivity index (χ3n) is 2.19. The first-order valence-electron chi connectivity index (χ1n) is 5.22. The molecule has 0 saturated heterocycles. The van der Waals surface area contributed by atoms with Crippen molar-refractivity contribution in [2.75, 3.05) is 0 Å². The molecule has 0 fully saturated rings. The number of carbonyl (C=O) groups is 3. The van der Waals surface area contributed by atoms with Crippen LogP contribution in [-0.4, -0.2) is 49.0 Å². The fourth-order valence-electron chi connectivity index (χ4n) is 1.21. The predicted octanol–water partition coefficient (Wildman–Crippen LogP) is -1.46. The zero-order valence-electron chi connectivity index (χ0n) is 10.0. The fraction of sp³-hybridized carbons (Fsp3) is 0.444. The molecule has 4 N–H and O–H groups in total. The number of carboxylic acids is 2. The molecule has 2 amide bonds. The standard InChI is InChI=1S/C9H13N5O5/c1-14-4-11-13-6(14)3-10-9(19)12-5(8(17)18)2-7(15)16/h4-5H,2-3H2,1H3,(H,15,16)(H,17,18)(H2,10,12,19)/t5-/m1/s1. The Balaban J connectivity index is 2.47. The monoisotopic (exact) mass is 271 g/mol. The van der Waals surface area contributed by atoms with E-state index in [9.17, 15) is 14.4 Å². The predicted molar refractivity (Wildman–Crippen MR) is 60.1 cm³/mol. The van der Waals surface area contributed by atoms with Crippen LogP contribution >= 0.6 is 0 Å². The van der Waals surface area contributed by atoms with Crippen molar-refractivity contribution in [1.29, 1.82) is 0 Å². The Morgan fingerprint density at radius 3 is 2.58 bits per heavy atom. The third kappa shape index (κ3) is 4.61. The average molecular weight is 271 g/mol. The summed E-state index contributed by atoms with van der Waals surface area (Å²) in [6, 6.07) is -2.28. The molecule has 10 nitrogen and oxygen atoms in total. The molecule has 1 atom stereocenters. The van der Waals surface area contributed by atoms with Crippen LogP contribution in [-0.2, 0) is 23.2 Å². The topological polar surface area (TPSA) is 146 Å². The highest BCUT2D eigenvalue weighted by molar-refractivity contribution is 5.86. The maximum Gasteiger partial charge on any atom is 0.326 e. The summed E-state index contributed by atoms with van der Waals surface area (Å²) in [5.74, 6) is -2.27. The van der Waals surface area contributed by atoms with Gasteiger partial charge in [0.25, 0.3) is 0 Å². The molecule has 1 heterocycles. The van der Waals surface area contributed by atoms with Gasteiger partial charge in [0.05, 0.1) is 13.0 Å². The van der Waals surface area contributed by atoms with Crippen molar-refractivity contribution < 1.29 is 24.6 Å². The van der Waals surface area contributed by atoms with E-state index in [4.69, 9.17) is 10.2 Å². The van der Waals surface area contributed by atoms with Gasteiger partial charge in [-0.15, -0.1) is 10.2 Å². The Hall–Kier alpha value is -2.65. The van der Waals surface area contributed by atoms with Gasteiger partial charge in [-0.05, 0) is 0 Å². The number of aryl methyl sites for hydroxylation is 1. The summed E-state index contributed by atoms with van der Waals surface area (Å²) in [6.07, 6.45) is 0.742. The van der Waals surface area contributed by atoms with Gasteiger partial charge in [-0.2, -0.15) is 0 Å². The number of nitrogens with one attached hydrogen (secondary N) is 2. The van der Waals surface area contributed by atoms with Gasteiger partial charge in [-0.25, -0.2) is 9.59 Å². The number of hydrogen-bond acceptors (Lipinski definition) is 5. The molecule has 19 heavy (non-hydrogen) atoms. The molecule has 0 unspecified atom stereocenters. The van der Waals surface area contributed by atoms with Gasteiger partial charge in [0.1, 0.15) is 12.4 Å². The number of rotatable bonds is 6. The SMILES string of the molecule is Cn1cnnc1CNC(=O)N[C@H](CC(=O)O)C(=O)O. The van der Waals surface area contributed by atoms with Crippen molar-refractivity contribution in [3.63, 3.8) is 0 Å². The summed E-state index contributed by atoms with van der Waals surface area (Å²) >= 11 is 0. The number of urea groups is 1. The van der Waals surface area contributed by atoms with Crippen LogP contribution in [0, 0.1) is 0 Å². The molecule has 10 heteroatoms. The number of aliphatic carboxylic acids is 2. The Bertz CT molecular complexity index is 485.